The number of carbonyl (C=O) groups is 1. The summed E-state index contributed by atoms with van der Waals surface area (Å²) in [7, 11) is 0. The molecule has 2 N–H and O–H groups in total. The number of anilines is 1. The van der Waals surface area contributed by atoms with Crippen LogP contribution in [0.4, 0.5) is 28.4 Å². The first-order valence-corrected chi connectivity index (χ1v) is 13.1. The molecule has 5 aromatic carbocycles. The standard InChI is InChI=1S/C33H29N5O3/c1-4-33(39)41-18-17-40-24-9-7-23(8-10-24)35-36-31-15-16-32(28-20-22(3)6-12-26(28)31)38-37-30-14-13-29(34)27-19-21(2)5-11-25(27)30/h4-16,19-20H,1,17-18,34H2,2-3H3. The average molecular weight is 544 g/mol. The summed E-state index contributed by atoms with van der Waals surface area (Å²) in [6, 6.07) is 27.0. The van der Waals surface area contributed by atoms with Gasteiger partial charge in [0.2, 0.25) is 0 Å². The second-order valence-corrected chi connectivity index (χ2v) is 9.49. The Morgan fingerprint density at radius 1 is 0.707 bits per heavy atom. The third-order valence-corrected chi connectivity index (χ3v) is 6.45. The second-order valence-electron chi connectivity index (χ2n) is 9.49. The molecule has 0 radical (unpaired) electrons. The molecule has 0 aliphatic heterocycles. The fraction of sp³-hybridized carbons (Fsp3) is 0.121. The van der Waals surface area contributed by atoms with Crippen LogP contribution in [0.2, 0.25) is 0 Å². The summed E-state index contributed by atoms with van der Waals surface area (Å²) in [5, 5.41) is 21.9. The van der Waals surface area contributed by atoms with E-state index in [4.69, 9.17) is 15.2 Å². The first-order valence-electron chi connectivity index (χ1n) is 13.1. The molecule has 41 heavy (non-hydrogen) atoms. The Morgan fingerprint density at radius 2 is 1.27 bits per heavy atom. The largest absolute Gasteiger partial charge is 0.490 e. The van der Waals surface area contributed by atoms with Crippen LogP contribution in [0.1, 0.15) is 11.1 Å². The number of hydrogen-bond donors (Lipinski definition) is 1. The number of azo groups is 2. The minimum absolute atomic E-state index is 0.144. The number of nitrogens with two attached hydrogens (primary N) is 1. The molecule has 0 unspecified atom stereocenters. The van der Waals surface area contributed by atoms with Crippen molar-refractivity contribution in [2.45, 2.75) is 13.8 Å². The van der Waals surface area contributed by atoms with Gasteiger partial charge in [-0.1, -0.05) is 42.0 Å². The third-order valence-electron chi connectivity index (χ3n) is 6.45. The van der Waals surface area contributed by atoms with Crippen LogP contribution >= 0.6 is 0 Å². The van der Waals surface area contributed by atoms with Crippen LogP contribution in [0.15, 0.2) is 118 Å². The Morgan fingerprint density at radius 3 is 1.93 bits per heavy atom. The molecule has 0 aliphatic carbocycles. The lowest BCUT2D eigenvalue weighted by Gasteiger charge is -2.08. The van der Waals surface area contributed by atoms with Crippen LogP contribution in [-0.2, 0) is 9.53 Å². The van der Waals surface area contributed by atoms with E-state index < -0.39 is 5.97 Å². The monoisotopic (exact) mass is 543 g/mol. The molecule has 5 rings (SSSR count). The number of rotatable bonds is 9. The van der Waals surface area contributed by atoms with E-state index in [2.05, 4.69) is 39.2 Å². The normalized spacial score (nSPS) is 11.5. The molecular formula is C33H29N5O3. The summed E-state index contributed by atoms with van der Waals surface area (Å²) in [6.45, 7) is 7.82. The van der Waals surface area contributed by atoms with Gasteiger partial charge in [0.05, 0.1) is 22.7 Å². The van der Waals surface area contributed by atoms with Gasteiger partial charge in [-0.3, -0.25) is 0 Å². The van der Waals surface area contributed by atoms with Gasteiger partial charge < -0.3 is 15.2 Å². The van der Waals surface area contributed by atoms with Crippen LogP contribution in [0, 0.1) is 13.8 Å². The van der Waals surface area contributed by atoms with Crippen LogP contribution in [-0.4, -0.2) is 19.2 Å². The number of benzene rings is 5. The van der Waals surface area contributed by atoms with E-state index in [-0.39, 0.29) is 13.2 Å². The van der Waals surface area contributed by atoms with Gasteiger partial charge in [-0.2, -0.15) is 5.11 Å². The van der Waals surface area contributed by atoms with Crippen LogP contribution in [0.5, 0.6) is 5.75 Å². The van der Waals surface area contributed by atoms with E-state index in [0.717, 1.165) is 55.8 Å². The summed E-state index contributed by atoms with van der Waals surface area (Å²) in [5.41, 5.74) is 12.0. The fourth-order valence-electron chi connectivity index (χ4n) is 4.35. The molecule has 204 valence electrons. The van der Waals surface area contributed by atoms with E-state index >= 15 is 0 Å². The van der Waals surface area contributed by atoms with Gasteiger partial charge in [-0.15, -0.1) is 15.3 Å². The van der Waals surface area contributed by atoms with Gasteiger partial charge in [0, 0.05) is 33.3 Å². The molecule has 0 fully saturated rings. The Balaban J connectivity index is 1.37. The number of carbonyl (C=O) groups excluding carboxylic acids is 1. The number of nitrogens with zero attached hydrogens (tertiary/aromatic N) is 4. The lowest BCUT2D eigenvalue weighted by molar-refractivity contribution is -0.138. The molecule has 5 aromatic rings. The van der Waals surface area contributed by atoms with E-state index in [9.17, 15) is 4.79 Å². The average Bonchev–Trinajstić information content (AvgIpc) is 2.98. The van der Waals surface area contributed by atoms with Crippen molar-refractivity contribution in [2.75, 3.05) is 18.9 Å². The van der Waals surface area contributed by atoms with Gasteiger partial charge in [0.15, 0.2) is 0 Å². The van der Waals surface area contributed by atoms with Gasteiger partial charge in [-0.25, -0.2) is 4.79 Å². The minimum atomic E-state index is -0.478. The van der Waals surface area contributed by atoms with Crippen molar-refractivity contribution in [3.05, 3.63) is 109 Å². The van der Waals surface area contributed by atoms with Gasteiger partial charge in [0.1, 0.15) is 19.0 Å². The highest BCUT2D eigenvalue weighted by Gasteiger charge is 2.08. The first-order chi connectivity index (χ1) is 19.9. The van der Waals surface area contributed by atoms with E-state index in [1.165, 1.54) is 0 Å². The molecule has 0 atom stereocenters. The molecule has 8 heteroatoms. The Labute approximate surface area is 237 Å². The zero-order chi connectivity index (χ0) is 28.8. The second kappa shape index (κ2) is 12.2. The molecular weight excluding hydrogens is 514 g/mol. The molecule has 8 nitrogen and oxygen atoms in total. The van der Waals surface area contributed by atoms with Crippen molar-refractivity contribution in [1.29, 1.82) is 0 Å². The van der Waals surface area contributed by atoms with E-state index in [1.54, 1.807) is 12.1 Å². The van der Waals surface area contributed by atoms with Crippen LogP contribution < -0.4 is 10.5 Å². The zero-order valence-corrected chi connectivity index (χ0v) is 22.9. The Bertz CT molecular complexity index is 1810. The number of fused-ring (bicyclic) bond motifs is 2. The lowest BCUT2D eigenvalue weighted by atomic mass is 10.0. The highest BCUT2D eigenvalue weighted by atomic mass is 16.6. The lowest BCUT2D eigenvalue weighted by Crippen LogP contribution is -2.09. The van der Waals surface area contributed by atoms with Crippen molar-refractivity contribution in [3.8, 4) is 5.75 Å². The molecule has 0 bridgehead atoms. The van der Waals surface area contributed by atoms with Crippen LogP contribution in [0.25, 0.3) is 21.5 Å². The molecule has 0 saturated carbocycles. The number of hydrogen-bond acceptors (Lipinski definition) is 8. The summed E-state index contributed by atoms with van der Waals surface area (Å²) < 4.78 is 10.5. The Kier molecular flexibility index (Phi) is 8.10. The van der Waals surface area contributed by atoms with E-state index in [1.807, 2.05) is 74.5 Å². The molecule has 0 aromatic heterocycles. The van der Waals surface area contributed by atoms with Crippen molar-refractivity contribution in [3.63, 3.8) is 0 Å². The highest BCUT2D eigenvalue weighted by molar-refractivity contribution is 6.01. The van der Waals surface area contributed by atoms with Gasteiger partial charge >= 0.3 is 5.97 Å². The summed E-state index contributed by atoms with van der Waals surface area (Å²) in [6.07, 6.45) is 1.12. The summed E-state index contributed by atoms with van der Waals surface area (Å²) >= 11 is 0. The van der Waals surface area contributed by atoms with Gasteiger partial charge in [0.25, 0.3) is 0 Å². The Hall–Kier alpha value is -5.37. The first kappa shape index (κ1) is 27.2. The maximum absolute atomic E-state index is 11.1. The van der Waals surface area contributed by atoms with Crippen molar-refractivity contribution in [1.82, 2.24) is 0 Å². The third kappa shape index (κ3) is 6.45. The predicted molar refractivity (Wildman–Crippen MR) is 163 cm³/mol. The topological polar surface area (TPSA) is 111 Å². The van der Waals surface area contributed by atoms with Crippen molar-refractivity contribution < 1.29 is 14.3 Å². The molecule has 0 amide bonds. The maximum Gasteiger partial charge on any atom is 0.330 e. The number of aryl methyl sites for hydroxylation is 2. The van der Waals surface area contributed by atoms with Crippen LogP contribution in [0.3, 0.4) is 0 Å². The number of nitrogen functional groups attached to an aromatic ring is 1. The highest BCUT2D eigenvalue weighted by Crippen LogP contribution is 2.37. The summed E-state index contributed by atoms with van der Waals surface area (Å²) in [4.78, 5) is 11.1. The van der Waals surface area contributed by atoms with Gasteiger partial charge in [-0.05, 0) is 74.5 Å². The number of esters is 1. The fourth-order valence-corrected chi connectivity index (χ4v) is 4.35. The molecule has 0 aliphatic rings. The van der Waals surface area contributed by atoms with E-state index in [0.29, 0.717) is 17.1 Å². The maximum atomic E-state index is 11.1. The quantitative estimate of drug-likeness (QED) is 0.0657. The number of ether oxygens (including phenoxy) is 2. The predicted octanol–water partition coefficient (Wildman–Crippen LogP) is 9.13. The molecule has 0 spiro atoms. The minimum Gasteiger partial charge on any atom is -0.490 e. The molecule has 0 saturated heterocycles. The van der Waals surface area contributed by atoms with Crippen molar-refractivity contribution >= 4 is 56.0 Å². The van der Waals surface area contributed by atoms with Crippen molar-refractivity contribution in [2.24, 2.45) is 20.5 Å². The zero-order valence-electron chi connectivity index (χ0n) is 22.9. The SMILES string of the molecule is C=CC(=O)OCCOc1ccc(N=Nc2ccc(N=Nc3ccc(N)c4cc(C)ccc34)c3cc(C)ccc23)cc1. The molecule has 0 heterocycles. The smallest absolute Gasteiger partial charge is 0.330 e. The summed E-state index contributed by atoms with van der Waals surface area (Å²) in [5.74, 6) is 0.159.